The third-order valence-corrected chi connectivity index (χ3v) is 7.09. The molecular formula is C21H23ClN4O3S. The molecule has 1 aromatic heterocycles. The second-order valence-corrected chi connectivity index (χ2v) is 8.88. The Kier molecular flexibility index (Phi) is 6.91. The van der Waals surface area contributed by atoms with E-state index in [0.29, 0.717) is 30.5 Å². The molecule has 7 nitrogen and oxygen atoms in total. The highest BCUT2D eigenvalue weighted by Crippen LogP contribution is 2.20. The highest BCUT2D eigenvalue weighted by Gasteiger charge is 2.22. The minimum atomic E-state index is -3.65. The van der Waals surface area contributed by atoms with E-state index in [9.17, 15) is 13.2 Å². The molecule has 0 bridgehead atoms. The molecule has 0 aliphatic rings. The Morgan fingerprint density at radius 1 is 1.10 bits per heavy atom. The average Bonchev–Trinajstić information content (AvgIpc) is 3.17. The largest absolute Gasteiger partial charge is 0.307 e. The first-order valence-corrected chi connectivity index (χ1v) is 11.4. The van der Waals surface area contributed by atoms with E-state index in [2.05, 4.69) is 10.4 Å². The summed E-state index contributed by atoms with van der Waals surface area (Å²) in [7, 11) is -3.65. The molecule has 0 spiro atoms. The lowest BCUT2D eigenvalue weighted by atomic mass is 10.2. The van der Waals surface area contributed by atoms with Crippen molar-refractivity contribution in [3.05, 3.63) is 76.9 Å². The SMILES string of the molecule is CCN(CC)S(=O)(=O)c1cccc(C(=O)Nc2ccnn2Cc2ccccc2Cl)c1. The number of carbonyl (C=O) groups is 1. The van der Waals surface area contributed by atoms with Crippen LogP contribution in [0.3, 0.4) is 0 Å². The van der Waals surface area contributed by atoms with Crippen LogP contribution in [-0.2, 0) is 16.6 Å². The van der Waals surface area contributed by atoms with Crippen LogP contribution >= 0.6 is 11.6 Å². The van der Waals surface area contributed by atoms with Gasteiger partial charge in [0.2, 0.25) is 10.0 Å². The molecule has 1 heterocycles. The summed E-state index contributed by atoms with van der Waals surface area (Å²) in [6.07, 6.45) is 1.58. The van der Waals surface area contributed by atoms with Crippen LogP contribution in [0, 0.1) is 0 Å². The van der Waals surface area contributed by atoms with Crippen molar-refractivity contribution in [2.45, 2.75) is 25.3 Å². The van der Waals surface area contributed by atoms with Gasteiger partial charge in [-0.2, -0.15) is 9.40 Å². The Balaban J connectivity index is 1.81. The number of hydrogen-bond donors (Lipinski definition) is 1. The lowest BCUT2D eigenvalue weighted by Gasteiger charge is -2.18. The molecular weight excluding hydrogens is 424 g/mol. The van der Waals surface area contributed by atoms with Crippen molar-refractivity contribution in [2.24, 2.45) is 0 Å². The van der Waals surface area contributed by atoms with Crippen molar-refractivity contribution in [3.8, 4) is 0 Å². The highest BCUT2D eigenvalue weighted by atomic mass is 35.5. The summed E-state index contributed by atoms with van der Waals surface area (Å²) >= 11 is 6.22. The fourth-order valence-corrected chi connectivity index (χ4v) is 4.75. The Morgan fingerprint density at radius 3 is 2.53 bits per heavy atom. The van der Waals surface area contributed by atoms with E-state index in [1.165, 1.54) is 16.4 Å². The quantitative estimate of drug-likeness (QED) is 0.569. The minimum absolute atomic E-state index is 0.0865. The Hall–Kier alpha value is -2.68. The summed E-state index contributed by atoms with van der Waals surface area (Å²) in [6.45, 7) is 4.65. The Bertz CT molecular complexity index is 1140. The van der Waals surface area contributed by atoms with Crippen molar-refractivity contribution in [3.63, 3.8) is 0 Å². The van der Waals surface area contributed by atoms with Gasteiger partial charge in [-0.25, -0.2) is 13.1 Å². The van der Waals surface area contributed by atoms with Gasteiger partial charge in [0.25, 0.3) is 5.91 Å². The molecule has 0 fully saturated rings. The van der Waals surface area contributed by atoms with Crippen molar-refractivity contribution in [2.75, 3.05) is 18.4 Å². The summed E-state index contributed by atoms with van der Waals surface area (Å²) in [5.41, 5.74) is 1.11. The molecule has 3 rings (SSSR count). The molecule has 0 aliphatic carbocycles. The predicted octanol–water partition coefficient (Wildman–Crippen LogP) is 3.87. The molecule has 158 valence electrons. The maximum Gasteiger partial charge on any atom is 0.256 e. The van der Waals surface area contributed by atoms with E-state index < -0.39 is 15.9 Å². The number of aromatic nitrogens is 2. The lowest BCUT2D eigenvalue weighted by Crippen LogP contribution is -2.30. The van der Waals surface area contributed by atoms with Crippen LogP contribution < -0.4 is 5.32 Å². The summed E-state index contributed by atoms with van der Waals surface area (Å²) in [5, 5.41) is 7.65. The zero-order chi connectivity index (χ0) is 21.7. The third-order valence-electron chi connectivity index (χ3n) is 4.68. The standard InChI is InChI=1S/C21H23ClN4O3S/c1-3-25(4-2)30(28,29)18-10-7-9-16(14-18)21(27)24-20-12-13-23-26(20)15-17-8-5-6-11-19(17)22/h5-14H,3-4,15H2,1-2H3,(H,24,27). The number of halogens is 1. The van der Waals surface area contributed by atoms with Crippen LogP contribution in [0.1, 0.15) is 29.8 Å². The van der Waals surface area contributed by atoms with Crippen LogP contribution in [0.2, 0.25) is 5.02 Å². The number of amides is 1. The van der Waals surface area contributed by atoms with E-state index in [1.54, 1.807) is 49.0 Å². The van der Waals surface area contributed by atoms with E-state index >= 15 is 0 Å². The number of benzene rings is 2. The minimum Gasteiger partial charge on any atom is -0.307 e. The number of rotatable bonds is 8. The number of carbonyl (C=O) groups excluding carboxylic acids is 1. The van der Waals surface area contributed by atoms with E-state index in [-0.39, 0.29) is 10.5 Å². The van der Waals surface area contributed by atoms with Crippen LogP contribution in [0.25, 0.3) is 0 Å². The van der Waals surface area contributed by atoms with Crippen LogP contribution in [0.15, 0.2) is 65.7 Å². The molecule has 30 heavy (non-hydrogen) atoms. The summed E-state index contributed by atoms with van der Waals surface area (Å²) in [5.74, 6) is 0.0597. The topological polar surface area (TPSA) is 84.3 Å². The van der Waals surface area contributed by atoms with Crippen molar-refractivity contribution in [1.29, 1.82) is 0 Å². The third kappa shape index (κ3) is 4.72. The zero-order valence-corrected chi connectivity index (χ0v) is 18.3. The molecule has 9 heteroatoms. The van der Waals surface area contributed by atoms with Gasteiger partial charge in [0, 0.05) is 29.7 Å². The highest BCUT2D eigenvalue weighted by molar-refractivity contribution is 7.89. The lowest BCUT2D eigenvalue weighted by molar-refractivity contribution is 0.102. The first-order valence-electron chi connectivity index (χ1n) is 9.53. The molecule has 0 saturated heterocycles. The van der Waals surface area contributed by atoms with Crippen LogP contribution in [0.5, 0.6) is 0 Å². The summed E-state index contributed by atoms with van der Waals surface area (Å²) in [6, 6.07) is 15.1. The molecule has 0 aliphatic heterocycles. The number of hydrogen-bond acceptors (Lipinski definition) is 4. The Morgan fingerprint density at radius 2 is 1.83 bits per heavy atom. The smallest absolute Gasteiger partial charge is 0.256 e. The van der Waals surface area contributed by atoms with Gasteiger partial charge < -0.3 is 5.32 Å². The fourth-order valence-electron chi connectivity index (χ4n) is 3.05. The van der Waals surface area contributed by atoms with E-state index in [0.717, 1.165) is 5.56 Å². The summed E-state index contributed by atoms with van der Waals surface area (Å²) in [4.78, 5) is 12.9. The maximum atomic E-state index is 12.8. The van der Waals surface area contributed by atoms with Gasteiger partial charge in [-0.1, -0.05) is 49.7 Å². The van der Waals surface area contributed by atoms with Crippen molar-refractivity contribution >= 4 is 33.3 Å². The van der Waals surface area contributed by atoms with Gasteiger partial charge in [-0.15, -0.1) is 0 Å². The van der Waals surface area contributed by atoms with Gasteiger partial charge in [-0.05, 0) is 29.8 Å². The second kappa shape index (κ2) is 9.42. The first kappa shape index (κ1) is 22.0. The zero-order valence-electron chi connectivity index (χ0n) is 16.7. The number of anilines is 1. The van der Waals surface area contributed by atoms with Crippen LogP contribution in [-0.4, -0.2) is 41.5 Å². The summed E-state index contributed by atoms with van der Waals surface area (Å²) < 4.78 is 28.5. The molecule has 0 radical (unpaired) electrons. The average molecular weight is 447 g/mol. The van der Waals surface area contributed by atoms with E-state index in [1.807, 2.05) is 18.2 Å². The van der Waals surface area contributed by atoms with Gasteiger partial charge in [0.05, 0.1) is 17.6 Å². The van der Waals surface area contributed by atoms with Crippen molar-refractivity contribution < 1.29 is 13.2 Å². The molecule has 0 atom stereocenters. The maximum absolute atomic E-state index is 12.8. The van der Waals surface area contributed by atoms with Crippen LogP contribution in [0.4, 0.5) is 5.82 Å². The predicted molar refractivity (Wildman–Crippen MR) is 117 cm³/mol. The fraction of sp³-hybridized carbons (Fsp3) is 0.238. The normalized spacial score (nSPS) is 11.6. The molecule has 0 unspecified atom stereocenters. The molecule has 2 aromatic carbocycles. The van der Waals surface area contributed by atoms with Crippen molar-refractivity contribution in [1.82, 2.24) is 14.1 Å². The number of nitrogens with zero attached hydrogens (tertiary/aromatic N) is 3. The molecule has 1 amide bonds. The van der Waals surface area contributed by atoms with Gasteiger partial charge in [-0.3, -0.25) is 4.79 Å². The van der Waals surface area contributed by atoms with Gasteiger partial charge in [0.15, 0.2) is 0 Å². The Labute approximate surface area is 181 Å². The van der Waals surface area contributed by atoms with E-state index in [4.69, 9.17) is 11.6 Å². The molecule has 1 N–H and O–H groups in total. The number of sulfonamides is 1. The van der Waals surface area contributed by atoms with Gasteiger partial charge in [0.1, 0.15) is 5.82 Å². The monoisotopic (exact) mass is 446 g/mol. The van der Waals surface area contributed by atoms with Gasteiger partial charge >= 0.3 is 0 Å². The first-order chi connectivity index (χ1) is 14.4. The second-order valence-electron chi connectivity index (χ2n) is 6.54. The number of nitrogens with one attached hydrogen (secondary N) is 1. The molecule has 0 saturated carbocycles. The molecule has 3 aromatic rings.